The SMILES string of the molecule is CCCc1c(-c2ccc(Cl)o2)nn(-c2ccccc2)c1N. The summed E-state index contributed by atoms with van der Waals surface area (Å²) in [7, 11) is 0. The van der Waals surface area contributed by atoms with E-state index in [4.69, 9.17) is 21.8 Å². The van der Waals surface area contributed by atoms with Gasteiger partial charge in [-0.05, 0) is 42.3 Å². The minimum Gasteiger partial charge on any atom is -0.443 e. The van der Waals surface area contributed by atoms with Gasteiger partial charge in [0, 0.05) is 5.56 Å². The van der Waals surface area contributed by atoms with Gasteiger partial charge in [-0.1, -0.05) is 31.5 Å². The van der Waals surface area contributed by atoms with Gasteiger partial charge in [0.05, 0.1) is 5.69 Å². The number of benzene rings is 1. The minimum atomic E-state index is 0.347. The molecule has 4 nitrogen and oxygen atoms in total. The number of hydrogen-bond acceptors (Lipinski definition) is 3. The summed E-state index contributed by atoms with van der Waals surface area (Å²) in [5, 5.41) is 4.97. The number of rotatable bonds is 4. The Morgan fingerprint density at radius 2 is 1.95 bits per heavy atom. The largest absolute Gasteiger partial charge is 0.443 e. The van der Waals surface area contributed by atoms with Gasteiger partial charge in [0.1, 0.15) is 11.5 Å². The molecular weight excluding hydrogens is 286 g/mol. The van der Waals surface area contributed by atoms with E-state index in [1.54, 1.807) is 10.7 Å². The lowest BCUT2D eigenvalue weighted by Gasteiger charge is -2.04. The topological polar surface area (TPSA) is 57.0 Å². The van der Waals surface area contributed by atoms with Crippen LogP contribution < -0.4 is 5.73 Å². The first-order chi connectivity index (χ1) is 10.2. The predicted molar refractivity (Wildman–Crippen MR) is 84.7 cm³/mol. The lowest BCUT2D eigenvalue weighted by Crippen LogP contribution is -2.02. The molecule has 0 saturated carbocycles. The Morgan fingerprint density at radius 3 is 2.57 bits per heavy atom. The minimum absolute atomic E-state index is 0.347. The van der Waals surface area contributed by atoms with E-state index < -0.39 is 0 Å². The van der Waals surface area contributed by atoms with Crippen molar-refractivity contribution in [3.8, 4) is 17.1 Å². The molecule has 0 amide bonds. The molecular formula is C16H16ClN3O. The Hall–Kier alpha value is -2.20. The molecule has 0 saturated heterocycles. The molecule has 0 aliphatic rings. The predicted octanol–water partition coefficient (Wildman–Crippen LogP) is 4.32. The van der Waals surface area contributed by atoms with Crippen molar-refractivity contribution in [3.05, 3.63) is 53.2 Å². The first kappa shape index (κ1) is 13.8. The van der Waals surface area contributed by atoms with Crippen LogP contribution in [0.3, 0.4) is 0 Å². The van der Waals surface area contributed by atoms with E-state index in [1.165, 1.54) is 0 Å². The van der Waals surface area contributed by atoms with Crippen molar-refractivity contribution in [2.75, 3.05) is 5.73 Å². The van der Waals surface area contributed by atoms with Crippen LogP contribution in [0.15, 0.2) is 46.9 Å². The van der Waals surface area contributed by atoms with Gasteiger partial charge < -0.3 is 10.2 Å². The number of anilines is 1. The van der Waals surface area contributed by atoms with E-state index in [1.807, 2.05) is 36.4 Å². The zero-order valence-corrected chi connectivity index (χ0v) is 12.5. The fraction of sp³-hybridized carbons (Fsp3) is 0.188. The first-order valence-corrected chi connectivity index (χ1v) is 7.27. The summed E-state index contributed by atoms with van der Waals surface area (Å²) in [6.45, 7) is 2.11. The lowest BCUT2D eigenvalue weighted by molar-refractivity contribution is 0.580. The van der Waals surface area contributed by atoms with Crippen LogP contribution in [0.5, 0.6) is 0 Å². The Balaban J connectivity index is 2.16. The van der Waals surface area contributed by atoms with Gasteiger partial charge in [-0.15, -0.1) is 0 Å². The molecule has 2 N–H and O–H groups in total. The molecule has 0 aliphatic carbocycles. The maximum absolute atomic E-state index is 6.29. The van der Waals surface area contributed by atoms with Gasteiger partial charge in [-0.25, -0.2) is 4.68 Å². The Kier molecular flexibility index (Phi) is 3.71. The van der Waals surface area contributed by atoms with Gasteiger partial charge in [0.2, 0.25) is 0 Å². The number of furan rings is 1. The summed E-state index contributed by atoms with van der Waals surface area (Å²) in [6, 6.07) is 13.3. The molecule has 21 heavy (non-hydrogen) atoms. The average molecular weight is 302 g/mol. The number of nitrogens with two attached hydrogens (primary N) is 1. The van der Waals surface area contributed by atoms with Gasteiger partial charge >= 0.3 is 0 Å². The monoisotopic (exact) mass is 301 g/mol. The summed E-state index contributed by atoms with van der Waals surface area (Å²) in [4.78, 5) is 0. The second-order valence-corrected chi connectivity index (χ2v) is 5.19. The molecule has 0 spiro atoms. The van der Waals surface area contributed by atoms with Gasteiger partial charge in [0.25, 0.3) is 0 Å². The molecule has 0 radical (unpaired) electrons. The zero-order valence-electron chi connectivity index (χ0n) is 11.7. The second kappa shape index (κ2) is 5.66. The van der Waals surface area contributed by atoms with E-state index in [-0.39, 0.29) is 0 Å². The van der Waals surface area contributed by atoms with Gasteiger partial charge in [0.15, 0.2) is 11.0 Å². The van der Waals surface area contributed by atoms with Crippen molar-refractivity contribution in [2.24, 2.45) is 0 Å². The summed E-state index contributed by atoms with van der Waals surface area (Å²) in [6.07, 6.45) is 1.82. The first-order valence-electron chi connectivity index (χ1n) is 6.89. The maximum atomic E-state index is 6.29. The van der Waals surface area contributed by atoms with Crippen LogP contribution in [0.4, 0.5) is 5.82 Å². The number of nitrogen functional groups attached to an aromatic ring is 1. The van der Waals surface area contributed by atoms with Crippen LogP contribution in [0.1, 0.15) is 18.9 Å². The standard InChI is InChI=1S/C16H16ClN3O/c1-2-6-12-15(13-9-10-14(17)21-13)19-20(16(12)18)11-7-4-3-5-8-11/h3-5,7-10H,2,6,18H2,1H3. The summed E-state index contributed by atoms with van der Waals surface area (Å²) in [5.74, 6) is 1.29. The molecule has 0 bridgehead atoms. The third-order valence-corrected chi connectivity index (χ3v) is 3.53. The van der Waals surface area contributed by atoms with E-state index >= 15 is 0 Å². The van der Waals surface area contributed by atoms with Crippen molar-refractivity contribution in [1.29, 1.82) is 0 Å². The molecule has 0 unspecified atom stereocenters. The van der Waals surface area contributed by atoms with Crippen molar-refractivity contribution < 1.29 is 4.42 Å². The fourth-order valence-electron chi connectivity index (χ4n) is 2.37. The average Bonchev–Trinajstić information content (AvgIpc) is 3.06. The summed E-state index contributed by atoms with van der Waals surface area (Å²) in [5.41, 5.74) is 8.97. The van der Waals surface area contributed by atoms with Crippen LogP contribution in [-0.4, -0.2) is 9.78 Å². The fourth-order valence-corrected chi connectivity index (χ4v) is 2.51. The highest BCUT2D eigenvalue weighted by Gasteiger charge is 2.19. The van der Waals surface area contributed by atoms with Crippen molar-refractivity contribution in [1.82, 2.24) is 9.78 Å². The number of para-hydroxylation sites is 1. The molecule has 1 aromatic carbocycles. The van der Waals surface area contributed by atoms with E-state index in [2.05, 4.69) is 12.0 Å². The quantitative estimate of drug-likeness (QED) is 0.780. The molecule has 5 heteroatoms. The highest BCUT2D eigenvalue weighted by atomic mass is 35.5. The third kappa shape index (κ3) is 2.54. The molecule has 3 aromatic rings. The highest BCUT2D eigenvalue weighted by molar-refractivity contribution is 6.29. The summed E-state index contributed by atoms with van der Waals surface area (Å²) >= 11 is 5.87. The molecule has 0 fully saturated rings. The third-order valence-electron chi connectivity index (χ3n) is 3.33. The van der Waals surface area contributed by atoms with Crippen molar-refractivity contribution in [3.63, 3.8) is 0 Å². The van der Waals surface area contributed by atoms with Crippen LogP contribution in [0.2, 0.25) is 5.22 Å². The molecule has 0 atom stereocenters. The molecule has 0 aliphatic heterocycles. The smallest absolute Gasteiger partial charge is 0.194 e. The van der Waals surface area contributed by atoms with E-state index in [0.717, 1.165) is 29.8 Å². The molecule has 3 rings (SSSR count). The van der Waals surface area contributed by atoms with Crippen LogP contribution in [0, 0.1) is 0 Å². The van der Waals surface area contributed by atoms with E-state index in [0.29, 0.717) is 16.8 Å². The van der Waals surface area contributed by atoms with Crippen LogP contribution in [0.25, 0.3) is 17.1 Å². The van der Waals surface area contributed by atoms with Gasteiger partial charge in [-0.2, -0.15) is 5.10 Å². The van der Waals surface area contributed by atoms with Gasteiger partial charge in [-0.3, -0.25) is 0 Å². The number of halogens is 1. The zero-order chi connectivity index (χ0) is 14.8. The number of aromatic nitrogens is 2. The van der Waals surface area contributed by atoms with Crippen molar-refractivity contribution >= 4 is 17.4 Å². The molecule has 2 aromatic heterocycles. The number of hydrogen-bond donors (Lipinski definition) is 1. The molecule has 108 valence electrons. The highest BCUT2D eigenvalue weighted by Crippen LogP contribution is 2.32. The van der Waals surface area contributed by atoms with Crippen LogP contribution >= 0.6 is 11.6 Å². The maximum Gasteiger partial charge on any atom is 0.194 e. The molecule has 2 heterocycles. The Morgan fingerprint density at radius 1 is 1.19 bits per heavy atom. The Labute approximate surface area is 128 Å². The normalized spacial score (nSPS) is 11.0. The van der Waals surface area contributed by atoms with E-state index in [9.17, 15) is 0 Å². The van der Waals surface area contributed by atoms with Crippen molar-refractivity contribution in [2.45, 2.75) is 19.8 Å². The lowest BCUT2D eigenvalue weighted by atomic mass is 10.1. The summed E-state index contributed by atoms with van der Waals surface area (Å²) < 4.78 is 7.24. The second-order valence-electron chi connectivity index (χ2n) is 4.81. The number of nitrogens with zero attached hydrogens (tertiary/aromatic N) is 2. The van der Waals surface area contributed by atoms with Crippen LogP contribution in [-0.2, 0) is 6.42 Å². The Bertz CT molecular complexity index is 746.